The predicted octanol–water partition coefficient (Wildman–Crippen LogP) is 2.78. The van der Waals surface area contributed by atoms with E-state index < -0.39 is 5.97 Å². The average molecular weight is 286 g/mol. The van der Waals surface area contributed by atoms with E-state index in [9.17, 15) is 4.79 Å². The molecule has 1 N–H and O–H groups in total. The van der Waals surface area contributed by atoms with Gasteiger partial charge >= 0.3 is 5.97 Å². The monoisotopic (exact) mass is 285 g/mol. The zero-order valence-electron chi connectivity index (χ0n) is 11.5. The molecule has 0 amide bonds. The zero-order valence-corrected chi connectivity index (χ0v) is 12.3. The summed E-state index contributed by atoms with van der Waals surface area (Å²) in [4.78, 5) is 11.5. The van der Waals surface area contributed by atoms with E-state index >= 15 is 0 Å². The van der Waals surface area contributed by atoms with E-state index in [1.54, 1.807) is 19.9 Å². The molecule has 106 valence electrons. The van der Waals surface area contributed by atoms with Gasteiger partial charge in [0.05, 0.1) is 11.1 Å². The first kappa shape index (κ1) is 15.8. The summed E-state index contributed by atoms with van der Waals surface area (Å²) >= 11 is 6.09. The van der Waals surface area contributed by atoms with Crippen LogP contribution in [-0.4, -0.2) is 25.2 Å². The molecule has 19 heavy (non-hydrogen) atoms. The van der Waals surface area contributed by atoms with Crippen LogP contribution in [0.25, 0.3) is 0 Å². The van der Waals surface area contributed by atoms with Crippen LogP contribution in [-0.2, 0) is 16.1 Å². The SMILES string of the molecule is CCNCc1cccc(Cl)c1OCC(=O)OC(C)C. The van der Waals surface area contributed by atoms with Crippen LogP contribution in [0.2, 0.25) is 5.02 Å². The third-order valence-corrected chi connectivity index (χ3v) is 2.61. The van der Waals surface area contributed by atoms with Crippen molar-refractivity contribution in [2.75, 3.05) is 13.2 Å². The number of benzene rings is 1. The van der Waals surface area contributed by atoms with Crippen molar-refractivity contribution in [2.24, 2.45) is 0 Å². The highest BCUT2D eigenvalue weighted by Crippen LogP contribution is 2.28. The molecule has 1 rings (SSSR count). The molecule has 0 unspecified atom stereocenters. The van der Waals surface area contributed by atoms with Crippen molar-refractivity contribution in [1.82, 2.24) is 5.32 Å². The molecule has 0 spiro atoms. The van der Waals surface area contributed by atoms with Crippen LogP contribution in [0, 0.1) is 0 Å². The van der Waals surface area contributed by atoms with Crippen LogP contribution in [0.5, 0.6) is 5.75 Å². The number of esters is 1. The van der Waals surface area contributed by atoms with E-state index in [1.807, 2.05) is 19.1 Å². The standard InChI is InChI=1S/C14H20ClNO3/c1-4-16-8-11-6-5-7-12(15)14(11)18-9-13(17)19-10(2)3/h5-7,10,16H,4,8-9H2,1-3H3. The van der Waals surface area contributed by atoms with Crippen molar-refractivity contribution in [3.05, 3.63) is 28.8 Å². The van der Waals surface area contributed by atoms with Crippen LogP contribution in [0.15, 0.2) is 18.2 Å². The fourth-order valence-corrected chi connectivity index (χ4v) is 1.79. The fourth-order valence-electron chi connectivity index (χ4n) is 1.54. The molecule has 0 aromatic heterocycles. The van der Waals surface area contributed by atoms with E-state index in [0.29, 0.717) is 17.3 Å². The van der Waals surface area contributed by atoms with E-state index in [2.05, 4.69) is 5.32 Å². The molecule has 0 aliphatic heterocycles. The number of rotatable bonds is 7. The van der Waals surface area contributed by atoms with Gasteiger partial charge in [0.2, 0.25) is 0 Å². The van der Waals surface area contributed by atoms with Crippen LogP contribution in [0.4, 0.5) is 0 Å². The summed E-state index contributed by atoms with van der Waals surface area (Å²) in [6.07, 6.45) is -0.149. The van der Waals surface area contributed by atoms with Crippen LogP contribution < -0.4 is 10.1 Å². The summed E-state index contributed by atoms with van der Waals surface area (Å²) in [6, 6.07) is 5.51. The lowest BCUT2D eigenvalue weighted by Crippen LogP contribution is -2.20. The van der Waals surface area contributed by atoms with Gasteiger partial charge in [-0.05, 0) is 26.5 Å². The summed E-state index contributed by atoms with van der Waals surface area (Å²) in [5, 5.41) is 3.69. The summed E-state index contributed by atoms with van der Waals surface area (Å²) in [5.41, 5.74) is 0.923. The van der Waals surface area contributed by atoms with Gasteiger partial charge in [-0.3, -0.25) is 0 Å². The molecular formula is C14H20ClNO3. The second-order valence-corrected chi connectivity index (χ2v) is 4.74. The molecule has 0 radical (unpaired) electrons. The second kappa shape index (κ2) is 8.02. The molecule has 5 heteroatoms. The van der Waals surface area contributed by atoms with Crippen molar-refractivity contribution >= 4 is 17.6 Å². The normalized spacial score (nSPS) is 10.6. The second-order valence-electron chi connectivity index (χ2n) is 4.34. The van der Waals surface area contributed by atoms with Gasteiger partial charge < -0.3 is 14.8 Å². The van der Waals surface area contributed by atoms with Gasteiger partial charge in [0.1, 0.15) is 5.75 Å². The smallest absolute Gasteiger partial charge is 0.344 e. The van der Waals surface area contributed by atoms with E-state index in [0.717, 1.165) is 12.1 Å². The molecule has 0 atom stereocenters. The zero-order chi connectivity index (χ0) is 14.3. The molecule has 0 bridgehead atoms. The van der Waals surface area contributed by atoms with Crippen molar-refractivity contribution in [3.63, 3.8) is 0 Å². The van der Waals surface area contributed by atoms with E-state index in [1.165, 1.54) is 0 Å². The maximum Gasteiger partial charge on any atom is 0.344 e. The largest absolute Gasteiger partial charge is 0.480 e. The Morgan fingerprint density at radius 2 is 2.16 bits per heavy atom. The Hall–Kier alpha value is -1.26. The number of ether oxygens (including phenoxy) is 2. The molecule has 1 aromatic carbocycles. The molecule has 0 aliphatic rings. The number of para-hydroxylation sites is 1. The Balaban J connectivity index is 2.68. The predicted molar refractivity (Wildman–Crippen MR) is 75.6 cm³/mol. The first-order valence-corrected chi connectivity index (χ1v) is 6.72. The Morgan fingerprint density at radius 1 is 1.42 bits per heavy atom. The quantitative estimate of drug-likeness (QED) is 0.783. The topological polar surface area (TPSA) is 47.6 Å². The van der Waals surface area contributed by atoms with Gasteiger partial charge in [0.15, 0.2) is 6.61 Å². The highest BCUT2D eigenvalue weighted by Gasteiger charge is 2.12. The molecule has 4 nitrogen and oxygen atoms in total. The molecule has 0 heterocycles. The molecular weight excluding hydrogens is 266 g/mol. The minimum absolute atomic E-state index is 0.138. The maximum atomic E-state index is 11.5. The molecule has 0 saturated carbocycles. The Morgan fingerprint density at radius 3 is 2.79 bits per heavy atom. The first-order chi connectivity index (χ1) is 9.04. The minimum Gasteiger partial charge on any atom is -0.480 e. The Kier molecular flexibility index (Phi) is 6.67. The summed E-state index contributed by atoms with van der Waals surface area (Å²) in [6.45, 7) is 6.97. The van der Waals surface area contributed by atoms with Gasteiger partial charge in [0.25, 0.3) is 0 Å². The maximum absolute atomic E-state index is 11.5. The summed E-state index contributed by atoms with van der Waals surface area (Å²) < 4.78 is 10.5. The first-order valence-electron chi connectivity index (χ1n) is 6.35. The number of carbonyl (C=O) groups is 1. The third kappa shape index (κ3) is 5.49. The molecule has 0 saturated heterocycles. The molecule has 0 fully saturated rings. The highest BCUT2D eigenvalue weighted by atomic mass is 35.5. The summed E-state index contributed by atoms with van der Waals surface area (Å²) in [5.74, 6) is 0.134. The number of carbonyl (C=O) groups excluding carboxylic acids is 1. The van der Waals surface area contributed by atoms with Crippen LogP contribution in [0.1, 0.15) is 26.3 Å². The number of hydrogen-bond acceptors (Lipinski definition) is 4. The van der Waals surface area contributed by atoms with Crippen molar-refractivity contribution < 1.29 is 14.3 Å². The van der Waals surface area contributed by atoms with Crippen LogP contribution in [0.3, 0.4) is 0 Å². The van der Waals surface area contributed by atoms with Gasteiger partial charge in [0, 0.05) is 12.1 Å². The number of hydrogen-bond donors (Lipinski definition) is 1. The Bertz CT molecular complexity index is 421. The van der Waals surface area contributed by atoms with Gasteiger partial charge in [-0.25, -0.2) is 4.79 Å². The lowest BCUT2D eigenvalue weighted by molar-refractivity contribution is -0.149. The Labute approximate surface area is 119 Å². The lowest BCUT2D eigenvalue weighted by atomic mass is 10.2. The van der Waals surface area contributed by atoms with E-state index in [-0.39, 0.29) is 12.7 Å². The number of halogens is 1. The minimum atomic E-state index is -0.399. The van der Waals surface area contributed by atoms with Crippen molar-refractivity contribution in [2.45, 2.75) is 33.4 Å². The third-order valence-electron chi connectivity index (χ3n) is 2.32. The molecule has 1 aromatic rings. The van der Waals surface area contributed by atoms with Gasteiger partial charge in [-0.1, -0.05) is 30.7 Å². The van der Waals surface area contributed by atoms with Crippen molar-refractivity contribution in [1.29, 1.82) is 0 Å². The van der Waals surface area contributed by atoms with Crippen molar-refractivity contribution in [3.8, 4) is 5.75 Å². The highest BCUT2D eigenvalue weighted by molar-refractivity contribution is 6.32. The average Bonchev–Trinajstić information content (AvgIpc) is 2.34. The van der Waals surface area contributed by atoms with Crippen LogP contribution >= 0.6 is 11.6 Å². The van der Waals surface area contributed by atoms with Gasteiger partial charge in [-0.15, -0.1) is 0 Å². The lowest BCUT2D eigenvalue weighted by Gasteiger charge is -2.14. The molecule has 0 aliphatic carbocycles. The number of nitrogens with one attached hydrogen (secondary N) is 1. The summed E-state index contributed by atoms with van der Waals surface area (Å²) in [7, 11) is 0. The van der Waals surface area contributed by atoms with Gasteiger partial charge in [-0.2, -0.15) is 0 Å². The fraction of sp³-hybridized carbons (Fsp3) is 0.500. The van der Waals surface area contributed by atoms with E-state index in [4.69, 9.17) is 21.1 Å².